The number of nitrogens with zero attached hydrogens (tertiary/aromatic N) is 1. The number of anilines is 3. The first-order chi connectivity index (χ1) is 9.63. The molecular formula is C13H18BrN3O3. The third-order valence-electron chi connectivity index (χ3n) is 3.05. The number of carbonyl (C=O) groups is 1. The number of nitrogens with one attached hydrogen (secondary N) is 1. The molecule has 0 radical (unpaired) electrons. The van der Waals surface area contributed by atoms with E-state index in [1.54, 1.807) is 11.0 Å². The van der Waals surface area contributed by atoms with E-state index in [4.69, 9.17) is 15.6 Å². The lowest BCUT2D eigenvalue weighted by Crippen LogP contribution is -2.41. The molecule has 0 atom stereocenters. The van der Waals surface area contributed by atoms with Gasteiger partial charge >= 0.3 is 0 Å². The van der Waals surface area contributed by atoms with Crippen LogP contribution < -0.4 is 16.0 Å². The molecule has 1 aromatic carbocycles. The highest BCUT2D eigenvalue weighted by Gasteiger charge is 2.22. The van der Waals surface area contributed by atoms with Crippen LogP contribution in [-0.4, -0.2) is 43.9 Å². The number of aliphatic hydroxyl groups is 1. The summed E-state index contributed by atoms with van der Waals surface area (Å²) in [7, 11) is 0. The van der Waals surface area contributed by atoms with E-state index in [2.05, 4.69) is 21.2 Å². The van der Waals surface area contributed by atoms with Gasteiger partial charge in [0.15, 0.2) is 0 Å². The Kier molecular flexibility index (Phi) is 5.22. The quantitative estimate of drug-likeness (QED) is 0.552. The van der Waals surface area contributed by atoms with Crippen LogP contribution in [-0.2, 0) is 9.53 Å². The van der Waals surface area contributed by atoms with Crippen molar-refractivity contribution in [2.24, 2.45) is 0 Å². The molecular weight excluding hydrogens is 326 g/mol. The van der Waals surface area contributed by atoms with Crippen LogP contribution in [0.15, 0.2) is 16.6 Å². The minimum atomic E-state index is -0.0719. The van der Waals surface area contributed by atoms with Crippen LogP contribution >= 0.6 is 15.9 Å². The van der Waals surface area contributed by atoms with Crippen LogP contribution in [0.5, 0.6) is 0 Å². The highest BCUT2D eigenvalue weighted by Crippen LogP contribution is 2.34. The first-order valence-electron chi connectivity index (χ1n) is 6.45. The van der Waals surface area contributed by atoms with Gasteiger partial charge in [0, 0.05) is 24.2 Å². The van der Waals surface area contributed by atoms with Crippen molar-refractivity contribution < 1.29 is 14.6 Å². The van der Waals surface area contributed by atoms with Crippen molar-refractivity contribution in [3.63, 3.8) is 0 Å². The molecule has 1 saturated heterocycles. The van der Waals surface area contributed by atoms with Gasteiger partial charge in [-0.1, -0.05) is 0 Å². The van der Waals surface area contributed by atoms with Gasteiger partial charge in [-0.25, -0.2) is 0 Å². The maximum atomic E-state index is 11.8. The van der Waals surface area contributed by atoms with Gasteiger partial charge in [0.1, 0.15) is 6.61 Å². The minimum Gasteiger partial charge on any atom is -0.397 e. The average Bonchev–Trinajstić information content (AvgIpc) is 2.43. The maximum Gasteiger partial charge on any atom is 0.253 e. The zero-order valence-electron chi connectivity index (χ0n) is 11.1. The van der Waals surface area contributed by atoms with Crippen molar-refractivity contribution >= 4 is 38.9 Å². The number of ether oxygens (including phenoxy) is 1. The lowest BCUT2D eigenvalue weighted by atomic mass is 10.2. The van der Waals surface area contributed by atoms with Gasteiger partial charge < -0.3 is 25.8 Å². The van der Waals surface area contributed by atoms with Gasteiger partial charge in [-0.2, -0.15) is 0 Å². The fraction of sp³-hybridized carbons (Fsp3) is 0.462. The molecule has 1 aliphatic heterocycles. The second-order valence-electron chi connectivity index (χ2n) is 4.49. The largest absolute Gasteiger partial charge is 0.397 e. The molecule has 20 heavy (non-hydrogen) atoms. The molecule has 0 aromatic heterocycles. The summed E-state index contributed by atoms with van der Waals surface area (Å²) in [5, 5.41) is 11.9. The molecule has 0 unspecified atom stereocenters. The van der Waals surface area contributed by atoms with Crippen LogP contribution in [0.4, 0.5) is 17.1 Å². The molecule has 0 saturated carbocycles. The van der Waals surface area contributed by atoms with Crippen LogP contribution in [0.3, 0.4) is 0 Å². The van der Waals surface area contributed by atoms with E-state index in [0.29, 0.717) is 31.8 Å². The van der Waals surface area contributed by atoms with Crippen molar-refractivity contribution in [1.82, 2.24) is 0 Å². The molecule has 0 aliphatic carbocycles. The standard InChI is InChI=1S/C13H18BrN3O3/c14-9-6-11(16-2-1-4-18)10(15)7-12(9)17-3-5-20-8-13(17)19/h6-7,16,18H,1-5,8,15H2. The number of nitrogen functional groups attached to an aromatic ring is 1. The summed E-state index contributed by atoms with van der Waals surface area (Å²) in [4.78, 5) is 13.5. The van der Waals surface area contributed by atoms with E-state index >= 15 is 0 Å². The Morgan fingerprint density at radius 3 is 3.00 bits per heavy atom. The average molecular weight is 344 g/mol. The van der Waals surface area contributed by atoms with Crippen molar-refractivity contribution in [3.8, 4) is 0 Å². The zero-order chi connectivity index (χ0) is 14.5. The number of halogens is 1. The second kappa shape index (κ2) is 6.92. The van der Waals surface area contributed by atoms with Gasteiger partial charge in [-0.15, -0.1) is 0 Å². The highest BCUT2D eigenvalue weighted by molar-refractivity contribution is 9.10. The zero-order valence-corrected chi connectivity index (χ0v) is 12.6. The number of benzene rings is 1. The molecule has 6 nitrogen and oxygen atoms in total. The number of aliphatic hydroxyl groups excluding tert-OH is 1. The predicted octanol–water partition coefficient (Wildman–Crippen LogP) is 1.19. The van der Waals surface area contributed by atoms with E-state index < -0.39 is 0 Å². The Morgan fingerprint density at radius 2 is 2.30 bits per heavy atom. The Hall–Kier alpha value is -1.31. The molecule has 1 amide bonds. The summed E-state index contributed by atoms with van der Waals surface area (Å²) in [5.41, 5.74) is 8.12. The lowest BCUT2D eigenvalue weighted by Gasteiger charge is -2.28. The Labute approximate surface area is 126 Å². The van der Waals surface area contributed by atoms with E-state index in [0.717, 1.165) is 15.8 Å². The first kappa shape index (κ1) is 15.1. The van der Waals surface area contributed by atoms with Crippen LogP contribution in [0.2, 0.25) is 0 Å². The van der Waals surface area contributed by atoms with Crippen molar-refractivity contribution in [3.05, 3.63) is 16.6 Å². The van der Waals surface area contributed by atoms with Gasteiger partial charge in [0.25, 0.3) is 5.91 Å². The SMILES string of the molecule is Nc1cc(N2CCOCC2=O)c(Br)cc1NCCCO. The number of nitrogens with two attached hydrogens (primary N) is 1. The molecule has 1 fully saturated rings. The molecule has 4 N–H and O–H groups in total. The molecule has 2 rings (SSSR count). The van der Waals surface area contributed by atoms with Crippen LogP contribution in [0.1, 0.15) is 6.42 Å². The fourth-order valence-corrected chi connectivity index (χ4v) is 2.57. The molecule has 1 aliphatic rings. The summed E-state index contributed by atoms with van der Waals surface area (Å²) < 4.78 is 5.92. The number of rotatable bonds is 5. The number of carbonyl (C=O) groups excluding carboxylic acids is 1. The number of morpholine rings is 1. The Morgan fingerprint density at radius 1 is 1.50 bits per heavy atom. The third-order valence-corrected chi connectivity index (χ3v) is 3.68. The van der Waals surface area contributed by atoms with Gasteiger partial charge in [0.2, 0.25) is 0 Å². The van der Waals surface area contributed by atoms with Crippen molar-refractivity contribution in [1.29, 1.82) is 0 Å². The van der Waals surface area contributed by atoms with E-state index in [1.165, 1.54) is 0 Å². The monoisotopic (exact) mass is 343 g/mol. The topological polar surface area (TPSA) is 87.8 Å². The van der Waals surface area contributed by atoms with E-state index in [1.807, 2.05) is 6.07 Å². The summed E-state index contributed by atoms with van der Waals surface area (Å²) in [6.45, 7) is 1.92. The number of amides is 1. The van der Waals surface area contributed by atoms with E-state index in [-0.39, 0.29) is 19.1 Å². The van der Waals surface area contributed by atoms with Crippen LogP contribution in [0, 0.1) is 0 Å². The molecule has 7 heteroatoms. The number of hydrogen-bond donors (Lipinski definition) is 3. The Bertz CT molecular complexity index is 496. The molecule has 0 bridgehead atoms. The minimum absolute atomic E-state index is 0.0719. The Balaban J connectivity index is 2.18. The summed E-state index contributed by atoms with van der Waals surface area (Å²) in [6.07, 6.45) is 0.654. The highest BCUT2D eigenvalue weighted by atomic mass is 79.9. The maximum absolute atomic E-state index is 11.8. The summed E-state index contributed by atoms with van der Waals surface area (Å²) in [5.74, 6) is -0.0719. The van der Waals surface area contributed by atoms with Gasteiger partial charge in [-0.3, -0.25) is 4.79 Å². The molecule has 1 heterocycles. The fourth-order valence-electron chi connectivity index (χ4n) is 2.01. The molecule has 0 spiro atoms. The van der Waals surface area contributed by atoms with Crippen LogP contribution in [0.25, 0.3) is 0 Å². The van der Waals surface area contributed by atoms with Gasteiger partial charge in [-0.05, 0) is 34.5 Å². The smallest absolute Gasteiger partial charge is 0.253 e. The lowest BCUT2D eigenvalue weighted by molar-refractivity contribution is -0.125. The summed E-state index contributed by atoms with van der Waals surface area (Å²) >= 11 is 3.47. The number of hydrogen-bond acceptors (Lipinski definition) is 5. The van der Waals surface area contributed by atoms with Gasteiger partial charge in [0.05, 0.1) is 23.7 Å². The molecule has 110 valence electrons. The first-order valence-corrected chi connectivity index (χ1v) is 7.24. The normalized spacial score (nSPS) is 15.5. The third kappa shape index (κ3) is 3.41. The van der Waals surface area contributed by atoms with Crippen molar-refractivity contribution in [2.75, 3.05) is 48.9 Å². The van der Waals surface area contributed by atoms with E-state index in [9.17, 15) is 4.79 Å². The van der Waals surface area contributed by atoms with Crippen molar-refractivity contribution in [2.45, 2.75) is 6.42 Å². The molecule has 1 aromatic rings. The predicted molar refractivity (Wildman–Crippen MR) is 81.9 cm³/mol. The second-order valence-corrected chi connectivity index (χ2v) is 5.35. The summed E-state index contributed by atoms with van der Waals surface area (Å²) in [6, 6.07) is 3.62.